The highest BCUT2D eigenvalue weighted by molar-refractivity contribution is 6.33. The third-order valence-electron chi connectivity index (χ3n) is 2.80. The molecule has 0 saturated heterocycles. The highest BCUT2D eigenvalue weighted by atomic mass is 35.5. The molecule has 2 aromatic rings. The molecular formula is C15H10ClFN2O2. The van der Waals surface area contributed by atoms with Crippen molar-refractivity contribution in [2.45, 2.75) is 6.42 Å². The quantitative estimate of drug-likeness (QED) is 0.903. The van der Waals surface area contributed by atoms with Gasteiger partial charge < -0.3 is 10.4 Å². The zero-order chi connectivity index (χ0) is 15.4. The molecule has 0 bridgehead atoms. The number of halogens is 2. The Morgan fingerprint density at radius 1 is 1.38 bits per heavy atom. The summed E-state index contributed by atoms with van der Waals surface area (Å²) in [6.07, 6.45) is -0.288. The second-order valence-electron chi connectivity index (χ2n) is 4.28. The number of hydrogen-bond donors (Lipinski definition) is 2. The molecule has 0 unspecified atom stereocenters. The first-order valence-corrected chi connectivity index (χ1v) is 6.35. The lowest BCUT2D eigenvalue weighted by molar-refractivity contribution is -0.136. The Balaban J connectivity index is 2.44. The molecule has 2 rings (SSSR count). The van der Waals surface area contributed by atoms with Crippen LogP contribution in [0.2, 0.25) is 5.02 Å². The molecule has 106 valence electrons. The van der Waals surface area contributed by atoms with Crippen LogP contribution in [0.4, 0.5) is 15.8 Å². The molecule has 0 aliphatic rings. The van der Waals surface area contributed by atoms with Crippen LogP contribution < -0.4 is 5.32 Å². The number of nitrogens with one attached hydrogen (secondary N) is 1. The molecule has 0 heterocycles. The molecule has 0 atom stereocenters. The minimum absolute atomic E-state index is 0.0653. The van der Waals surface area contributed by atoms with E-state index in [1.165, 1.54) is 36.4 Å². The number of carbonyl (C=O) groups is 1. The fourth-order valence-corrected chi connectivity index (χ4v) is 2.06. The van der Waals surface area contributed by atoms with Crippen molar-refractivity contribution in [3.05, 3.63) is 58.4 Å². The van der Waals surface area contributed by atoms with Crippen molar-refractivity contribution in [2.75, 3.05) is 5.32 Å². The largest absolute Gasteiger partial charge is 0.481 e. The van der Waals surface area contributed by atoms with Gasteiger partial charge in [-0.25, -0.2) is 4.39 Å². The van der Waals surface area contributed by atoms with Crippen LogP contribution in [0.25, 0.3) is 0 Å². The van der Waals surface area contributed by atoms with Gasteiger partial charge in [0.1, 0.15) is 5.82 Å². The zero-order valence-electron chi connectivity index (χ0n) is 10.7. The molecule has 0 fully saturated rings. The van der Waals surface area contributed by atoms with E-state index in [4.69, 9.17) is 22.0 Å². The molecule has 6 heteroatoms. The maximum absolute atomic E-state index is 13.8. The summed E-state index contributed by atoms with van der Waals surface area (Å²) in [7, 11) is 0. The van der Waals surface area contributed by atoms with Crippen molar-refractivity contribution in [3.63, 3.8) is 0 Å². The average molecular weight is 305 g/mol. The lowest BCUT2D eigenvalue weighted by atomic mass is 10.1. The van der Waals surface area contributed by atoms with Gasteiger partial charge in [0.05, 0.1) is 28.8 Å². The highest BCUT2D eigenvalue weighted by Gasteiger charge is 2.12. The molecule has 0 saturated carbocycles. The van der Waals surface area contributed by atoms with E-state index in [-0.39, 0.29) is 17.1 Å². The summed E-state index contributed by atoms with van der Waals surface area (Å²) in [5, 5.41) is 20.8. The fourth-order valence-electron chi connectivity index (χ4n) is 1.85. The third-order valence-corrected chi connectivity index (χ3v) is 3.11. The number of benzene rings is 2. The van der Waals surface area contributed by atoms with E-state index in [1.807, 2.05) is 6.07 Å². The van der Waals surface area contributed by atoms with Gasteiger partial charge >= 0.3 is 5.97 Å². The van der Waals surface area contributed by atoms with Crippen LogP contribution >= 0.6 is 11.6 Å². The van der Waals surface area contributed by atoms with Gasteiger partial charge in [0, 0.05) is 5.69 Å². The molecule has 4 nitrogen and oxygen atoms in total. The van der Waals surface area contributed by atoms with Crippen molar-refractivity contribution >= 4 is 28.9 Å². The van der Waals surface area contributed by atoms with Crippen molar-refractivity contribution in [1.29, 1.82) is 5.26 Å². The van der Waals surface area contributed by atoms with E-state index in [9.17, 15) is 9.18 Å². The Kier molecular flexibility index (Phi) is 4.41. The molecule has 2 aromatic carbocycles. The third kappa shape index (κ3) is 3.50. The maximum atomic E-state index is 13.8. The summed E-state index contributed by atoms with van der Waals surface area (Å²) in [6.45, 7) is 0. The van der Waals surface area contributed by atoms with E-state index < -0.39 is 11.8 Å². The Labute approximate surface area is 125 Å². The molecule has 0 spiro atoms. The first-order valence-electron chi connectivity index (χ1n) is 5.97. The number of nitrogens with zero attached hydrogens (tertiary/aromatic N) is 1. The van der Waals surface area contributed by atoms with E-state index in [2.05, 4.69) is 5.32 Å². The molecular weight excluding hydrogens is 295 g/mol. The summed E-state index contributed by atoms with van der Waals surface area (Å²) in [4.78, 5) is 10.9. The molecule has 0 aliphatic carbocycles. The lowest BCUT2D eigenvalue weighted by Gasteiger charge is -2.13. The van der Waals surface area contributed by atoms with Gasteiger partial charge in [0.15, 0.2) is 0 Å². The molecule has 0 aromatic heterocycles. The predicted octanol–water partition coefficient (Wildman–Crippen LogP) is 3.72. The summed E-state index contributed by atoms with van der Waals surface area (Å²) < 4.78 is 13.8. The first-order chi connectivity index (χ1) is 10.0. The number of anilines is 2. The number of rotatable bonds is 4. The number of hydrogen-bond acceptors (Lipinski definition) is 3. The highest BCUT2D eigenvalue weighted by Crippen LogP contribution is 2.30. The number of carboxylic acids is 1. The van der Waals surface area contributed by atoms with Crippen LogP contribution in [0.15, 0.2) is 36.4 Å². The van der Waals surface area contributed by atoms with Crippen molar-refractivity contribution < 1.29 is 14.3 Å². The van der Waals surface area contributed by atoms with E-state index in [0.29, 0.717) is 16.8 Å². The smallest absolute Gasteiger partial charge is 0.307 e. The average Bonchev–Trinajstić information content (AvgIpc) is 2.43. The Hall–Kier alpha value is -2.58. The van der Waals surface area contributed by atoms with Crippen LogP contribution in [0.5, 0.6) is 0 Å². The van der Waals surface area contributed by atoms with Crippen molar-refractivity contribution in [3.8, 4) is 6.07 Å². The fraction of sp³-hybridized carbons (Fsp3) is 0.0667. The van der Waals surface area contributed by atoms with Gasteiger partial charge in [-0.2, -0.15) is 5.26 Å². The SMILES string of the molecule is N#Cc1ccc(Nc2c(F)cccc2Cl)c(CC(=O)O)c1. The number of para-hydroxylation sites is 1. The summed E-state index contributed by atoms with van der Waals surface area (Å²) in [5.74, 6) is -1.60. The molecule has 0 aliphatic heterocycles. The molecule has 2 N–H and O–H groups in total. The van der Waals surface area contributed by atoms with Crippen molar-refractivity contribution in [1.82, 2.24) is 0 Å². The maximum Gasteiger partial charge on any atom is 0.307 e. The Bertz CT molecular complexity index is 721. The van der Waals surface area contributed by atoms with Crippen LogP contribution in [0.3, 0.4) is 0 Å². The van der Waals surface area contributed by atoms with E-state index in [1.54, 1.807) is 0 Å². The van der Waals surface area contributed by atoms with Gasteiger partial charge in [-0.05, 0) is 35.9 Å². The van der Waals surface area contributed by atoms with Gasteiger partial charge in [-0.15, -0.1) is 0 Å². The first kappa shape index (κ1) is 14.8. The second kappa shape index (κ2) is 6.25. The Morgan fingerprint density at radius 3 is 2.76 bits per heavy atom. The number of carboxylic acid groups (broad SMARTS) is 1. The van der Waals surface area contributed by atoms with Crippen molar-refractivity contribution in [2.24, 2.45) is 0 Å². The minimum atomic E-state index is -1.05. The summed E-state index contributed by atoms with van der Waals surface area (Å²) >= 11 is 5.92. The Morgan fingerprint density at radius 2 is 2.14 bits per heavy atom. The van der Waals surface area contributed by atoms with Gasteiger partial charge in [0.25, 0.3) is 0 Å². The number of nitriles is 1. The van der Waals surface area contributed by atoms with Gasteiger partial charge in [0.2, 0.25) is 0 Å². The molecule has 21 heavy (non-hydrogen) atoms. The second-order valence-corrected chi connectivity index (χ2v) is 4.68. The van der Waals surface area contributed by atoms with Crippen LogP contribution in [-0.4, -0.2) is 11.1 Å². The van der Waals surface area contributed by atoms with Gasteiger partial charge in [-0.1, -0.05) is 17.7 Å². The van der Waals surface area contributed by atoms with Crippen LogP contribution in [-0.2, 0) is 11.2 Å². The lowest BCUT2D eigenvalue weighted by Crippen LogP contribution is -2.05. The van der Waals surface area contributed by atoms with E-state index in [0.717, 1.165) is 0 Å². The molecule has 0 radical (unpaired) electrons. The topological polar surface area (TPSA) is 73.1 Å². The normalized spacial score (nSPS) is 9.95. The predicted molar refractivity (Wildman–Crippen MR) is 77.2 cm³/mol. The van der Waals surface area contributed by atoms with Gasteiger partial charge in [-0.3, -0.25) is 4.79 Å². The van der Waals surface area contributed by atoms with E-state index >= 15 is 0 Å². The van der Waals surface area contributed by atoms with Crippen LogP contribution in [0.1, 0.15) is 11.1 Å². The minimum Gasteiger partial charge on any atom is -0.481 e. The monoisotopic (exact) mass is 304 g/mol. The molecule has 0 amide bonds. The van der Waals surface area contributed by atoms with Crippen LogP contribution in [0, 0.1) is 17.1 Å². The zero-order valence-corrected chi connectivity index (χ0v) is 11.5. The number of aliphatic carboxylic acids is 1. The summed E-state index contributed by atoms with van der Waals surface area (Å²) in [5.41, 5.74) is 1.16. The summed E-state index contributed by atoms with van der Waals surface area (Å²) in [6, 6.07) is 10.7. The standard InChI is InChI=1S/C15H10ClFN2O2/c16-11-2-1-3-12(17)15(11)19-13-5-4-9(8-18)6-10(13)7-14(20)21/h1-6,19H,7H2,(H,20,21).